The minimum Gasteiger partial charge on any atom is -0.508 e. The normalized spacial score (nSPS) is 21.6. The molecule has 0 aliphatic carbocycles. The van der Waals surface area contributed by atoms with Crippen LogP contribution in [-0.2, 0) is 6.42 Å². The van der Waals surface area contributed by atoms with Crippen LogP contribution in [-0.4, -0.2) is 39.4 Å². The summed E-state index contributed by atoms with van der Waals surface area (Å²) < 4.78 is 11.5. The Morgan fingerprint density at radius 2 is 1.81 bits per heavy atom. The Morgan fingerprint density at radius 1 is 1.12 bits per heavy atom. The molecule has 0 amide bonds. The number of benzene rings is 2. The molecule has 0 spiro atoms. The van der Waals surface area contributed by atoms with Crippen molar-refractivity contribution >= 4 is 5.78 Å². The van der Waals surface area contributed by atoms with Gasteiger partial charge in [0, 0.05) is 18.1 Å². The molecule has 0 fully saturated rings. The van der Waals surface area contributed by atoms with Crippen molar-refractivity contribution in [2.24, 2.45) is 0 Å². The molecule has 0 bridgehead atoms. The average Bonchev–Trinajstić information content (AvgIpc) is 3.01. The number of carbonyl (C=O) groups is 1. The van der Waals surface area contributed by atoms with Crippen LogP contribution in [0.1, 0.15) is 41.3 Å². The largest absolute Gasteiger partial charge is 0.508 e. The van der Waals surface area contributed by atoms with Crippen LogP contribution in [0.25, 0.3) is 0 Å². The van der Waals surface area contributed by atoms with Crippen molar-refractivity contribution in [3.63, 3.8) is 0 Å². The molecule has 26 heavy (non-hydrogen) atoms. The van der Waals surface area contributed by atoms with Crippen LogP contribution in [0.2, 0.25) is 0 Å². The molecule has 136 valence electrons. The highest BCUT2D eigenvalue weighted by Crippen LogP contribution is 2.47. The lowest BCUT2D eigenvalue weighted by Crippen LogP contribution is -2.39. The van der Waals surface area contributed by atoms with E-state index in [0.717, 1.165) is 0 Å². The zero-order valence-electron chi connectivity index (χ0n) is 14.5. The van der Waals surface area contributed by atoms with Gasteiger partial charge in [-0.3, -0.25) is 4.79 Å². The second kappa shape index (κ2) is 5.64. The Hall–Kier alpha value is -2.73. The standard InChI is InChI=1S/C20H20O6/c1-20(2,24)16-7-12-14(26-16)8-15-17(18(12)22)19(23)13(9-25-15)10-3-5-11(21)6-4-10/h3-6,8,13,16,21-22,24H,7,9H2,1-2H3/t13-,16-/m1/s1. The molecular formula is C20H20O6. The maximum absolute atomic E-state index is 13.0. The van der Waals surface area contributed by atoms with E-state index in [1.54, 1.807) is 32.0 Å². The van der Waals surface area contributed by atoms with Gasteiger partial charge in [0.25, 0.3) is 0 Å². The molecule has 2 heterocycles. The first-order valence-electron chi connectivity index (χ1n) is 8.49. The molecule has 6 nitrogen and oxygen atoms in total. The minimum atomic E-state index is -1.08. The zero-order valence-corrected chi connectivity index (χ0v) is 14.5. The highest BCUT2D eigenvalue weighted by molar-refractivity contribution is 6.07. The number of aliphatic hydroxyl groups is 1. The molecule has 0 radical (unpaired) electrons. The van der Waals surface area contributed by atoms with Crippen molar-refractivity contribution in [3.05, 3.63) is 47.0 Å². The Morgan fingerprint density at radius 3 is 2.46 bits per heavy atom. The van der Waals surface area contributed by atoms with Gasteiger partial charge in [-0.15, -0.1) is 0 Å². The van der Waals surface area contributed by atoms with Crippen molar-refractivity contribution in [2.45, 2.75) is 37.9 Å². The molecule has 6 heteroatoms. The summed E-state index contributed by atoms with van der Waals surface area (Å²) in [5.41, 5.74) is 0.294. The van der Waals surface area contributed by atoms with Crippen LogP contribution in [0, 0.1) is 0 Å². The summed E-state index contributed by atoms with van der Waals surface area (Å²) in [6.07, 6.45) is -0.190. The second-order valence-electron chi connectivity index (χ2n) is 7.36. The van der Waals surface area contributed by atoms with E-state index in [-0.39, 0.29) is 35.2 Å². The smallest absolute Gasteiger partial charge is 0.181 e. The van der Waals surface area contributed by atoms with Crippen LogP contribution < -0.4 is 9.47 Å². The number of hydrogen-bond acceptors (Lipinski definition) is 6. The zero-order chi connectivity index (χ0) is 18.6. The van der Waals surface area contributed by atoms with Gasteiger partial charge in [0.15, 0.2) is 5.78 Å². The number of ketones is 1. The number of phenolic OH excluding ortho intramolecular Hbond substituents is 2. The van der Waals surface area contributed by atoms with Gasteiger partial charge in [0.05, 0.1) is 11.5 Å². The molecule has 0 aromatic heterocycles. The third-order valence-corrected chi connectivity index (χ3v) is 5.04. The van der Waals surface area contributed by atoms with Gasteiger partial charge >= 0.3 is 0 Å². The fourth-order valence-electron chi connectivity index (χ4n) is 3.47. The van der Waals surface area contributed by atoms with Gasteiger partial charge in [-0.25, -0.2) is 0 Å². The van der Waals surface area contributed by atoms with E-state index in [2.05, 4.69) is 0 Å². The fourth-order valence-corrected chi connectivity index (χ4v) is 3.47. The van der Waals surface area contributed by atoms with Crippen LogP contribution in [0.15, 0.2) is 30.3 Å². The number of aromatic hydroxyl groups is 2. The van der Waals surface area contributed by atoms with Gasteiger partial charge in [-0.05, 0) is 31.5 Å². The second-order valence-corrected chi connectivity index (χ2v) is 7.36. The number of phenols is 2. The molecule has 4 rings (SSSR count). The predicted molar refractivity (Wildman–Crippen MR) is 93.2 cm³/mol. The summed E-state index contributed by atoms with van der Waals surface area (Å²) >= 11 is 0. The van der Waals surface area contributed by atoms with Crippen molar-refractivity contribution in [1.82, 2.24) is 0 Å². The number of rotatable bonds is 2. The van der Waals surface area contributed by atoms with Crippen LogP contribution in [0.3, 0.4) is 0 Å². The first kappa shape index (κ1) is 16.7. The van der Waals surface area contributed by atoms with E-state index in [9.17, 15) is 20.1 Å². The fraction of sp³-hybridized carbons (Fsp3) is 0.350. The van der Waals surface area contributed by atoms with Crippen LogP contribution >= 0.6 is 0 Å². The maximum Gasteiger partial charge on any atom is 0.181 e. The topological polar surface area (TPSA) is 96.2 Å². The van der Waals surface area contributed by atoms with Gasteiger partial charge in [-0.2, -0.15) is 0 Å². The Kier molecular flexibility index (Phi) is 3.63. The molecule has 2 aliphatic heterocycles. The monoisotopic (exact) mass is 356 g/mol. The van der Waals surface area contributed by atoms with Gasteiger partial charge in [0.1, 0.15) is 41.3 Å². The summed E-state index contributed by atoms with van der Waals surface area (Å²) in [7, 11) is 0. The number of Topliss-reactive ketones (excluding diaryl/α,β-unsaturated/α-hetero) is 1. The van der Waals surface area contributed by atoms with E-state index in [4.69, 9.17) is 9.47 Å². The summed E-state index contributed by atoms with van der Waals surface area (Å²) in [6, 6.07) is 7.99. The Labute approximate surface area is 150 Å². The van der Waals surface area contributed by atoms with E-state index in [1.165, 1.54) is 12.1 Å². The third-order valence-electron chi connectivity index (χ3n) is 5.04. The Bertz CT molecular complexity index is 879. The van der Waals surface area contributed by atoms with Gasteiger partial charge in [-0.1, -0.05) is 12.1 Å². The summed E-state index contributed by atoms with van der Waals surface area (Å²) in [4.78, 5) is 13.0. The summed E-state index contributed by atoms with van der Waals surface area (Å²) in [5, 5.41) is 30.3. The van der Waals surface area contributed by atoms with E-state index < -0.39 is 17.6 Å². The summed E-state index contributed by atoms with van der Waals surface area (Å²) in [6.45, 7) is 3.43. The first-order valence-corrected chi connectivity index (χ1v) is 8.49. The molecule has 0 saturated heterocycles. The van der Waals surface area contributed by atoms with Crippen molar-refractivity contribution in [3.8, 4) is 23.0 Å². The number of carbonyl (C=O) groups excluding carboxylic acids is 1. The number of ether oxygens (including phenoxy) is 2. The van der Waals surface area contributed by atoms with E-state index >= 15 is 0 Å². The van der Waals surface area contributed by atoms with Crippen LogP contribution in [0.4, 0.5) is 0 Å². The van der Waals surface area contributed by atoms with Gasteiger partial charge < -0.3 is 24.8 Å². The molecule has 2 atom stereocenters. The molecule has 3 N–H and O–H groups in total. The highest BCUT2D eigenvalue weighted by atomic mass is 16.5. The molecule has 2 aromatic carbocycles. The average molecular weight is 356 g/mol. The molecule has 0 saturated carbocycles. The van der Waals surface area contributed by atoms with E-state index in [1.807, 2.05) is 0 Å². The van der Waals surface area contributed by atoms with Gasteiger partial charge in [0.2, 0.25) is 0 Å². The minimum absolute atomic E-state index is 0.119. The number of fused-ring (bicyclic) bond motifs is 2. The van der Waals surface area contributed by atoms with Crippen LogP contribution in [0.5, 0.6) is 23.0 Å². The molecule has 2 aromatic rings. The van der Waals surface area contributed by atoms with Crippen molar-refractivity contribution in [1.29, 1.82) is 0 Å². The molecule has 2 aliphatic rings. The number of hydrogen-bond donors (Lipinski definition) is 3. The van der Waals surface area contributed by atoms with Crippen molar-refractivity contribution < 1.29 is 29.6 Å². The lowest BCUT2D eigenvalue weighted by Gasteiger charge is -2.26. The maximum atomic E-state index is 13.0. The lowest BCUT2D eigenvalue weighted by molar-refractivity contribution is -0.0230. The first-order chi connectivity index (χ1) is 12.3. The molecular weight excluding hydrogens is 336 g/mol. The lowest BCUT2D eigenvalue weighted by atomic mass is 9.87. The predicted octanol–water partition coefficient (Wildman–Crippen LogP) is 2.53. The highest BCUT2D eigenvalue weighted by Gasteiger charge is 2.41. The van der Waals surface area contributed by atoms with Crippen molar-refractivity contribution in [2.75, 3.05) is 6.61 Å². The quantitative estimate of drug-likeness (QED) is 0.765. The SMILES string of the molecule is CC(C)(O)[C@H]1Cc2c(cc3c(c2O)C(=O)[C@@H](c2ccc(O)cc2)CO3)O1. The van der Waals surface area contributed by atoms with E-state index in [0.29, 0.717) is 23.3 Å². The summed E-state index contributed by atoms with van der Waals surface area (Å²) in [5.74, 6) is -0.0862. The molecule has 0 unspecified atom stereocenters. The third kappa shape index (κ3) is 2.57. The Balaban J connectivity index is 1.72.